The van der Waals surface area contributed by atoms with Gasteiger partial charge in [0.25, 0.3) is 0 Å². The van der Waals surface area contributed by atoms with Crippen LogP contribution in [0.3, 0.4) is 0 Å². The molecule has 1 amide bonds. The van der Waals surface area contributed by atoms with Gasteiger partial charge in [0, 0.05) is 18.8 Å². The lowest BCUT2D eigenvalue weighted by Gasteiger charge is -2.13. The van der Waals surface area contributed by atoms with Crippen molar-refractivity contribution in [3.63, 3.8) is 0 Å². The molecule has 0 heterocycles. The van der Waals surface area contributed by atoms with Gasteiger partial charge >= 0.3 is 5.97 Å². The van der Waals surface area contributed by atoms with E-state index in [1.54, 1.807) is 0 Å². The third-order valence-electron chi connectivity index (χ3n) is 2.00. The molecule has 1 atom stereocenters. The van der Waals surface area contributed by atoms with Crippen LogP contribution >= 0.6 is 11.8 Å². The number of thioether (sulfide) groups is 1. The minimum absolute atomic E-state index is 0.0202. The summed E-state index contributed by atoms with van der Waals surface area (Å²) in [6.07, 6.45) is 3.44. The van der Waals surface area contributed by atoms with Crippen molar-refractivity contribution >= 4 is 35.2 Å². The summed E-state index contributed by atoms with van der Waals surface area (Å²) in [5.41, 5.74) is 0. The summed E-state index contributed by atoms with van der Waals surface area (Å²) in [5.74, 6) is -2.34. The molecular weight excluding hydrogens is 258 g/mol. The van der Waals surface area contributed by atoms with Crippen LogP contribution in [0.25, 0.3) is 0 Å². The average Bonchev–Trinajstić information content (AvgIpc) is 2.27. The summed E-state index contributed by atoms with van der Waals surface area (Å²) in [7, 11) is 0. The first-order chi connectivity index (χ1) is 8.40. The molecule has 1 aliphatic rings. The van der Waals surface area contributed by atoms with Crippen LogP contribution in [-0.2, 0) is 19.2 Å². The lowest BCUT2D eigenvalue weighted by molar-refractivity contribution is -0.140. The third kappa shape index (κ3) is 4.17. The van der Waals surface area contributed by atoms with Crippen molar-refractivity contribution < 1.29 is 24.3 Å². The fourth-order valence-corrected chi connectivity index (χ4v) is 2.18. The Morgan fingerprint density at radius 3 is 2.61 bits per heavy atom. The van der Waals surface area contributed by atoms with Crippen LogP contribution in [0.5, 0.6) is 0 Å². The van der Waals surface area contributed by atoms with E-state index in [1.807, 2.05) is 0 Å². The highest BCUT2D eigenvalue weighted by atomic mass is 32.2. The van der Waals surface area contributed by atoms with E-state index < -0.39 is 17.9 Å². The molecule has 0 spiro atoms. The molecule has 0 bridgehead atoms. The summed E-state index contributed by atoms with van der Waals surface area (Å²) in [5, 5.41) is 11.1. The van der Waals surface area contributed by atoms with Gasteiger partial charge in [-0.2, -0.15) is 0 Å². The van der Waals surface area contributed by atoms with E-state index in [0.29, 0.717) is 0 Å². The molecule has 0 aromatic rings. The number of allylic oxidation sites excluding steroid dienone is 4. The topological polar surface area (TPSA) is 101 Å². The lowest BCUT2D eigenvalue weighted by atomic mass is 10.2. The highest BCUT2D eigenvalue weighted by Crippen LogP contribution is 2.21. The van der Waals surface area contributed by atoms with Crippen LogP contribution in [0.1, 0.15) is 6.92 Å². The maximum absolute atomic E-state index is 11.4. The van der Waals surface area contributed by atoms with Gasteiger partial charge in [0.2, 0.25) is 5.91 Å². The standard InChI is InChI=1S/C11H11NO5S/c1-6(13)12-8(11(16)17)5-18-10-4-7(14)2-3-9(10)15/h2-4,8H,5H2,1H3,(H,12,13)(H,16,17)/t8-/m0/s1. The van der Waals surface area contributed by atoms with Crippen molar-refractivity contribution in [1.82, 2.24) is 5.32 Å². The molecule has 0 aromatic heterocycles. The summed E-state index contributed by atoms with van der Waals surface area (Å²) in [4.78, 5) is 44.3. The second-order valence-electron chi connectivity index (χ2n) is 3.51. The van der Waals surface area contributed by atoms with Gasteiger partial charge in [-0.05, 0) is 12.2 Å². The quantitative estimate of drug-likeness (QED) is 0.676. The monoisotopic (exact) mass is 269 g/mol. The normalized spacial score (nSPS) is 16.2. The maximum Gasteiger partial charge on any atom is 0.327 e. The van der Waals surface area contributed by atoms with Gasteiger partial charge in [-0.25, -0.2) is 4.79 Å². The van der Waals surface area contributed by atoms with Crippen molar-refractivity contribution in [2.75, 3.05) is 5.75 Å². The van der Waals surface area contributed by atoms with Crippen molar-refractivity contribution in [2.45, 2.75) is 13.0 Å². The van der Waals surface area contributed by atoms with Gasteiger partial charge in [0.05, 0.1) is 4.91 Å². The number of nitrogens with one attached hydrogen (secondary N) is 1. The molecule has 0 unspecified atom stereocenters. The molecule has 7 heteroatoms. The molecule has 18 heavy (non-hydrogen) atoms. The van der Waals surface area contributed by atoms with Gasteiger partial charge < -0.3 is 10.4 Å². The van der Waals surface area contributed by atoms with Crippen LogP contribution in [0.2, 0.25) is 0 Å². The molecule has 0 aliphatic heterocycles. The Bertz CT molecular complexity index is 466. The first kappa shape index (κ1) is 14.2. The van der Waals surface area contributed by atoms with Crippen LogP contribution < -0.4 is 5.32 Å². The first-order valence-electron chi connectivity index (χ1n) is 5.01. The van der Waals surface area contributed by atoms with E-state index in [9.17, 15) is 19.2 Å². The molecule has 6 nitrogen and oxygen atoms in total. The summed E-state index contributed by atoms with van der Waals surface area (Å²) < 4.78 is 0. The Hall–Kier alpha value is -1.89. The van der Waals surface area contributed by atoms with E-state index >= 15 is 0 Å². The molecule has 0 aromatic carbocycles. The number of hydrogen-bond acceptors (Lipinski definition) is 5. The number of rotatable bonds is 5. The maximum atomic E-state index is 11.4. The number of aliphatic carboxylic acids is 1. The van der Waals surface area contributed by atoms with Gasteiger partial charge in [-0.3, -0.25) is 14.4 Å². The Kier molecular flexibility index (Phi) is 4.85. The first-order valence-corrected chi connectivity index (χ1v) is 5.99. The van der Waals surface area contributed by atoms with Crippen molar-refractivity contribution in [1.29, 1.82) is 0 Å². The predicted octanol–water partition coefficient (Wildman–Crippen LogP) is -0.0992. The molecular formula is C11H11NO5S. The fraction of sp³-hybridized carbons (Fsp3) is 0.273. The smallest absolute Gasteiger partial charge is 0.327 e. The Balaban J connectivity index is 2.62. The van der Waals surface area contributed by atoms with Crippen LogP contribution in [0.15, 0.2) is 23.1 Å². The molecule has 0 saturated heterocycles. The summed E-state index contributed by atoms with van der Waals surface area (Å²) in [6.45, 7) is 1.21. The van der Waals surface area contributed by atoms with Crippen LogP contribution in [0.4, 0.5) is 0 Å². The van der Waals surface area contributed by atoms with Crippen molar-refractivity contribution in [3.05, 3.63) is 23.1 Å². The highest BCUT2D eigenvalue weighted by Gasteiger charge is 2.21. The largest absolute Gasteiger partial charge is 0.480 e. The van der Waals surface area contributed by atoms with Gasteiger partial charge in [-0.1, -0.05) is 0 Å². The zero-order chi connectivity index (χ0) is 13.7. The highest BCUT2D eigenvalue weighted by molar-refractivity contribution is 8.04. The molecule has 2 N–H and O–H groups in total. The number of amides is 1. The zero-order valence-electron chi connectivity index (χ0n) is 9.50. The number of carbonyl (C=O) groups excluding carboxylic acids is 3. The summed E-state index contributed by atoms with van der Waals surface area (Å²) in [6, 6.07) is -1.10. The number of carbonyl (C=O) groups is 4. The number of ketones is 2. The minimum atomic E-state index is -1.19. The Morgan fingerprint density at radius 1 is 1.39 bits per heavy atom. The molecule has 1 aliphatic carbocycles. The second kappa shape index (κ2) is 6.15. The third-order valence-corrected chi connectivity index (χ3v) is 3.13. The van der Waals surface area contributed by atoms with Gasteiger partial charge in [0.15, 0.2) is 11.6 Å². The fourth-order valence-electron chi connectivity index (χ4n) is 1.19. The molecule has 0 radical (unpaired) electrons. The molecule has 96 valence electrons. The number of carboxylic acids is 1. The van der Waals surface area contributed by atoms with Crippen LogP contribution in [-0.4, -0.2) is 40.3 Å². The van der Waals surface area contributed by atoms with Gasteiger partial charge in [-0.15, -0.1) is 11.8 Å². The van der Waals surface area contributed by atoms with Crippen molar-refractivity contribution in [3.8, 4) is 0 Å². The minimum Gasteiger partial charge on any atom is -0.480 e. The van der Waals surface area contributed by atoms with Crippen LogP contribution in [0, 0.1) is 0 Å². The number of carboxylic acid groups (broad SMARTS) is 1. The van der Waals surface area contributed by atoms with E-state index in [2.05, 4.69) is 5.32 Å². The second-order valence-corrected chi connectivity index (χ2v) is 4.57. The van der Waals surface area contributed by atoms with Gasteiger partial charge in [0.1, 0.15) is 6.04 Å². The number of hydrogen-bond donors (Lipinski definition) is 2. The Morgan fingerprint density at radius 2 is 2.06 bits per heavy atom. The predicted molar refractivity (Wildman–Crippen MR) is 64.9 cm³/mol. The van der Waals surface area contributed by atoms with E-state index in [-0.39, 0.29) is 22.2 Å². The van der Waals surface area contributed by atoms with Crippen molar-refractivity contribution in [2.24, 2.45) is 0 Å². The van der Waals surface area contributed by atoms with E-state index in [0.717, 1.165) is 30.0 Å². The van der Waals surface area contributed by atoms with E-state index in [1.165, 1.54) is 6.92 Å². The Labute approximate surface area is 107 Å². The van der Waals surface area contributed by atoms with E-state index in [4.69, 9.17) is 5.11 Å². The average molecular weight is 269 g/mol. The lowest BCUT2D eigenvalue weighted by Crippen LogP contribution is -2.41. The SMILES string of the molecule is CC(=O)N[C@@H](CSC1=CC(=O)C=CC1=O)C(=O)O. The molecule has 1 rings (SSSR count). The zero-order valence-corrected chi connectivity index (χ0v) is 10.3. The summed E-state index contributed by atoms with van der Waals surface area (Å²) >= 11 is 0.932. The molecule has 0 saturated carbocycles. The molecule has 0 fully saturated rings.